The van der Waals surface area contributed by atoms with Crippen LogP contribution in [0.2, 0.25) is 0 Å². The number of benzene rings is 1. The number of rotatable bonds is 7. The van der Waals surface area contributed by atoms with Crippen LogP contribution in [-0.2, 0) is 18.6 Å². The first-order chi connectivity index (χ1) is 15.3. The lowest BCUT2D eigenvalue weighted by molar-refractivity contribution is 0.155. The number of nitrogens with zero attached hydrogens (tertiary/aromatic N) is 5. The summed E-state index contributed by atoms with van der Waals surface area (Å²) >= 11 is 1.72. The Morgan fingerprint density at radius 3 is 2.69 bits per heavy atom. The van der Waals surface area contributed by atoms with Gasteiger partial charge in [0.05, 0.1) is 11.6 Å². The molecule has 1 unspecified atom stereocenters. The van der Waals surface area contributed by atoms with Crippen molar-refractivity contribution in [3.8, 4) is 0 Å². The van der Waals surface area contributed by atoms with Crippen molar-refractivity contribution >= 4 is 22.2 Å². The standard InChI is InChI=1S/C24H30N6OS/c1-6-21(22-26-27-28-30(22)24(3,4)5)29(15-19-8-7-11-32-19)14-18-13-17-10-9-16(2)12-20(17)25-23(18)31/h7-13,21H,6,14-15H2,1-5H3,(H,25,31). The summed E-state index contributed by atoms with van der Waals surface area (Å²) in [4.78, 5) is 19.6. The Morgan fingerprint density at radius 2 is 2.00 bits per heavy atom. The molecule has 1 N–H and O–H groups in total. The van der Waals surface area contributed by atoms with E-state index in [0.717, 1.165) is 40.8 Å². The summed E-state index contributed by atoms with van der Waals surface area (Å²) in [5, 5.41) is 15.8. The Bertz CT molecular complexity index is 1250. The SMILES string of the molecule is CCC(c1nnnn1C(C)(C)C)N(Cc1cccs1)Cc1cc2ccc(C)cc2[nH]c1=O. The topological polar surface area (TPSA) is 79.7 Å². The molecule has 0 saturated heterocycles. The summed E-state index contributed by atoms with van der Waals surface area (Å²) in [5.41, 5.74) is 2.45. The van der Waals surface area contributed by atoms with Gasteiger partial charge in [0.15, 0.2) is 5.82 Å². The predicted octanol–water partition coefficient (Wildman–Crippen LogP) is 4.79. The second-order valence-electron chi connectivity index (χ2n) is 9.24. The van der Waals surface area contributed by atoms with Crippen LogP contribution in [0.15, 0.2) is 46.6 Å². The molecule has 0 aliphatic heterocycles. The molecule has 4 aromatic rings. The largest absolute Gasteiger partial charge is 0.322 e. The summed E-state index contributed by atoms with van der Waals surface area (Å²) in [6.07, 6.45) is 0.826. The lowest BCUT2D eigenvalue weighted by Crippen LogP contribution is -2.35. The van der Waals surface area contributed by atoms with Gasteiger partial charge >= 0.3 is 0 Å². The van der Waals surface area contributed by atoms with E-state index in [1.54, 1.807) is 11.3 Å². The minimum atomic E-state index is -0.237. The van der Waals surface area contributed by atoms with Gasteiger partial charge in [-0.1, -0.05) is 25.1 Å². The highest BCUT2D eigenvalue weighted by Gasteiger charge is 2.29. The third-order valence-corrected chi connectivity index (χ3v) is 6.51. The molecule has 3 heterocycles. The average Bonchev–Trinajstić information content (AvgIpc) is 3.41. The van der Waals surface area contributed by atoms with E-state index in [1.807, 2.05) is 23.7 Å². The van der Waals surface area contributed by atoms with Crippen molar-refractivity contribution in [3.05, 3.63) is 74.0 Å². The smallest absolute Gasteiger partial charge is 0.252 e. The van der Waals surface area contributed by atoms with E-state index in [0.29, 0.717) is 6.54 Å². The first-order valence-electron chi connectivity index (χ1n) is 10.9. The molecule has 0 saturated carbocycles. The molecule has 0 bridgehead atoms. The molecule has 1 aromatic carbocycles. The summed E-state index contributed by atoms with van der Waals surface area (Å²) < 4.78 is 1.90. The third kappa shape index (κ3) is 4.66. The number of aryl methyl sites for hydroxylation is 1. The molecule has 0 fully saturated rings. The van der Waals surface area contributed by atoms with Crippen molar-refractivity contribution in [1.82, 2.24) is 30.1 Å². The number of hydrogen-bond donors (Lipinski definition) is 1. The maximum atomic E-state index is 13.0. The monoisotopic (exact) mass is 450 g/mol. The predicted molar refractivity (Wildman–Crippen MR) is 129 cm³/mol. The van der Waals surface area contributed by atoms with Crippen molar-refractivity contribution in [1.29, 1.82) is 0 Å². The fourth-order valence-electron chi connectivity index (χ4n) is 4.06. The number of thiophene rings is 1. The fourth-order valence-corrected chi connectivity index (χ4v) is 4.79. The van der Waals surface area contributed by atoms with E-state index in [-0.39, 0.29) is 17.1 Å². The molecular weight excluding hydrogens is 420 g/mol. The molecular formula is C24H30N6OS. The maximum absolute atomic E-state index is 13.0. The molecule has 1 atom stereocenters. The molecule has 0 amide bonds. The number of nitrogens with one attached hydrogen (secondary N) is 1. The van der Waals surface area contributed by atoms with Gasteiger partial charge in [0.2, 0.25) is 0 Å². The second kappa shape index (κ2) is 8.96. The Labute approximate surface area is 192 Å². The van der Waals surface area contributed by atoms with Crippen LogP contribution in [0.1, 0.15) is 62.0 Å². The van der Waals surface area contributed by atoms with Crippen LogP contribution in [0.4, 0.5) is 0 Å². The summed E-state index contributed by atoms with van der Waals surface area (Å²) in [6.45, 7) is 11.7. The zero-order valence-corrected chi connectivity index (χ0v) is 20.1. The summed E-state index contributed by atoms with van der Waals surface area (Å²) in [6, 6.07) is 12.3. The lowest BCUT2D eigenvalue weighted by atomic mass is 10.1. The van der Waals surface area contributed by atoms with Gasteiger partial charge < -0.3 is 4.98 Å². The minimum Gasteiger partial charge on any atom is -0.322 e. The zero-order chi connectivity index (χ0) is 22.9. The average molecular weight is 451 g/mol. The molecule has 4 rings (SSSR count). The molecule has 3 aromatic heterocycles. The number of H-pyrrole nitrogens is 1. The van der Waals surface area contributed by atoms with Crippen molar-refractivity contribution < 1.29 is 0 Å². The molecule has 0 radical (unpaired) electrons. The first-order valence-corrected chi connectivity index (χ1v) is 11.8. The molecule has 0 spiro atoms. The van der Waals surface area contributed by atoms with Gasteiger partial charge in [0.1, 0.15) is 0 Å². The summed E-state index contributed by atoms with van der Waals surface area (Å²) in [7, 11) is 0. The zero-order valence-electron chi connectivity index (χ0n) is 19.3. The van der Waals surface area contributed by atoms with Gasteiger partial charge in [-0.2, -0.15) is 0 Å². The van der Waals surface area contributed by atoms with Gasteiger partial charge in [-0.15, -0.1) is 16.4 Å². The highest BCUT2D eigenvalue weighted by molar-refractivity contribution is 7.09. The summed E-state index contributed by atoms with van der Waals surface area (Å²) in [5.74, 6) is 0.824. The quantitative estimate of drug-likeness (QED) is 0.438. The van der Waals surface area contributed by atoms with Crippen LogP contribution < -0.4 is 5.56 Å². The maximum Gasteiger partial charge on any atom is 0.252 e. The Kier molecular flexibility index (Phi) is 6.26. The van der Waals surface area contributed by atoms with Crippen LogP contribution in [0.5, 0.6) is 0 Å². The van der Waals surface area contributed by atoms with Crippen LogP contribution in [0, 0.1) is 6.92 Å². The van der Waals surface area contributed by atoms with Crippen LogP contribution in [0.25, 0.3) is 10.9 Å². The van der Waals surface area contributed by atoms with Gasteiger partial charge in [-0.05, 0) is 79.1 Å². The van der Waals surface area contributed by atoms with Gasteiger partial charge in [0.25, 0.3) is 5.56 Å². The van der Waals surface area contributed by atoms with Crippen LogP contribution >= 0.6 is 11.3 Å². The van der Waals surface area contributed by atoms with Crippen molar-refractivity contribution in [2.24, 2.45) is 0 Å². The number of fused-ring (bicyclic) bond motifs is 1. The molecule has 8 heteroatoms. The fraction of sp³-hybridized carbons (Fsp3) is 0.417. The number of tetrazole rings is 1. The highest BCUT2D eigenvalue weighted by atomic mass is 32.1. The van der Waals surface area contributed by atoms with E-state index in [4.69, 9.17) is 0 Å². The number of aromatic nitrogens is 5. The molecule has 7 nitrogen and oxygen atoms in total. The molecule has 168 valence electrons. The highest BCUT2D eigenvalue weighted by Crippen LogP contribution is 2.29. The number of aromatic amines is 1. The lowest BCUT2D eigenvalue weighted by Gasteiger charge is -2.32. The number of hydrogen-bond acceptors (Lipinski definition) is 6. The first kappa shape index (κ1) is 22.4. The number of pyridine rings is 1. The van der Waals surface area contributed by atoms with Crippen LogP contribution in [0.3, 0.4) is 0 Å². The van der Waals surface area contributed by atoms with E-state index in [2.05, 4.69) is 82.7 Å². The Morgan fingerprint density at radius 1 is 1.19 bits per heavy atom. The van der Waals surface area contributed by atoms with E-state index in [9.17, 15) is 4.79 Å². The normalized spacial score (nSPS) is 13.2. The van der Waals surface area contributed by atoms with Gasteiger partial charge in [-0.3, -0.25) is 9.69 Å². The minimum absolute atomic E-state index is 0.0283. The van der Waals surface area contributed by atoms with Crippen molar-refractivity contribution in [2.45, 2.75) is 65.7 Å². The van der Waals surface area contributed by atoms with E-state index in [1.165, 1.54) is 4.88 Å². The van der Waals surface area contributed by atoms with Gasteiger partial charge in [0, 0.05) is 29.0 Å². The second-order valence-corrected chi connectivity index (χ2v) is 10.3. The molecule has 0 aliphatic carbocycles. The van der Waals surface area contributed by atoms with E-state index < -0.39 is 0 Å². The van der Waals surface area contributed by atoms with Crippen molar-refractivity contribution in [3.63, 3.8) is 0 Å². The molecule has 32 heavy (non-hydrogen) atoms. The Balaban J connectivity index is 1.75. The molecule has 0 aliphatic rings. The van der Waals surface area contributed by atoms with Crippen molar-refractivity contribution in [2.75, 3.05) is 0 Å². The van der Waals surface area contributed by atoms with Crippen LogP contribution in [-0.4, -0.2) is 30.1 Å². The van der Waals surface area contributed by atoms with Gasteiger partial charge in [-0.25, -0.2) is 4.68 Å². The van der Waals surface area contributed by atoms with E-state index >= 15 is 0 Å². The third-order valence-electron chi connectivity index (χ3n) is 5.65. The Hall–Kier alpha value is -2.84.